The lowest BCUT2D eigenvalue weighted by Crippen LogP contribution is -2.37. The van der Waals surface area contributed by atoms with Gasteiger partial charge < -0.3 is 52.2 Å². The fourth-order valence-corrected chi connectivity index (χ4v) is 3.40. The Morgan fingerprint density at radius 2 is 1.31 bits per heavy atom. The Kier molecular flexibility index (Phi) is 24.5. The van der Waals surface area contributed by atoms with Gasteiger partial charge in [0.25, 0.3) is 5.56 Å². The van der Waals surface area contributed by atoms with Crippen LogP contribution >= 0.6 is 0 Å². The number of carbonyl (C=O) groups excluding carboxylic acids is 2. The van der Waals surface area contributed by atoms with E-state index in [0.717, 1.165) is 5.57 Å². The summed E-state index contributed by atoms with van der Waals surface area (Å²) >= 11 is 0. The Bertz CT molecular complexity index is 2160. The van der Waals surface area contributed by atoms with Crippen molar-refractivity contribution in [1.82, 2.24) is 69.9 Å². The fourth-order valence-electron chi connectivity index (χ4n) is 3.40. The molecule has 11 N–H and O–H groups in total. The molecule has 2 aliphatic rings. The summed E-state index contributed by atoms with van der Waals surface area (Å²) in [5.74, 6) is 0.773. The normalized spacial score (nSPS) is 11.9. The first kappa shape index (κ1) is 54.5. The number of nitrogen functional groups attached to an aromatic ring is 3. The number of amides is 4. The minimum Gasteiger partial charge on any atom is -0.383 e. The lowest BCUT2D eigenvalue weighted by atomic mass is 10.2. The van der Waals surface area contributed by atoms with Crippen LogP contribution in [-0.2, 0) is 7.05 Å². The zero-order valence-electron chi connectivity index (χ0n) is 26.9. The number of hydrogen-bond donors (Lipinski definition) is 8. The Hall–Kier alpha value is -7.32. The van der Waals surface area contributed by atoms with Crippen LogP contribution in [0.1, 0.15) is 51.5 Å². The zero-order chi connectivity index (χ0) is 36.2. The predicted octanol–water partition coefficient (Wildman–Crippen LogP) is 4.07. The van der Waals surface area contributed by atoms with Crippen molar-refractivity contribution in [2.75, 3.05) is 31.3 Å². The molecule has 21 heteroatoms. The molecule has 2 aliphatic heterocycles. The lowest BCUT2D eigenvalue weighted by molar-refractivity contribution is 0.222. The topological polar surface area (TPSA) is 307 Å². The van der Waals surface area contributed by atoms with Crippen LogP contribution in [0.2, 0.25) is 0 Å². The average molecular weight is 770 g/mol. The number of aryl methyl sites for hydroxylation is 1. The number of hydrogen-bond acceptors (Lipinski definition) is 13. The van der Waals surface area contributed by atoms with Gasteiger partial charge in [0, 0.05) is 51.1 Å². The monoisotopic (exact) mass is 769 g/mol. The molecule has 55 heavy (non-hydrogen) atoms. The number of aromatic amines is 3. The van der Waals surface area contributed by atoms with Crippen molar-refractivity contribution in [3.05, 3.63) is 101 Å². The highest BCUT2D eigenvalue weighted by Gasteiger charge is 2.13. The molecule has 0 saturated carbocycles. The molecule has 0 saturated heterocycles. The van der Waals surface area contributed by atoms with Crippen molar-refractivity contribution in [2.45, 2.75) is 51.5 Å². The van der Waals surface area contributed by atoms with Crippen LogP contribution in [0, 0.1) is 0 Å². The SMILES string of the molecule is C.C.C.C.C.C.C=C1C=CN(C)C(=O)N1.C=C1NC(=O)N(C)C=C1C.Cn1ccc(N)nc1=O.Nc1nc2nc[nH]c2c(=O)[nH]1.Nc1ncnc2nc[nH]c12. The van der Waals surface area contributed by atoms with Crippen LogP contribution in [0.15, 0.2) is 89.4 Å². The van der Waals surface area contributed by atoms with Crippen LogP contribution in [-0.4, -0.2) is 85.4 Å². The first-order chi connectivity index (χ1) is 23.2. The number of carbonyl (C=O) groups is 2. The third-order valence-electron chi connectivity index (χ3n) is 6.09. The molecule has 7 rings (SSSR count). The Balaban J connectivity index is -0.000000288. The van der Waals surface area contributed by atoms with E-state index in [1.807, 2.05) is 6.92 Å². The number of anilines is 3. The molecule has 0 unspecified atom stereocenters. The van der Waals surface area contributed by atoms with Crippen molar-refractivity contribution < 1.29 is 9.59 Å². The van der Waals surface area contributed by atoms with E-state index in [-0.39, 0.29) is 79.6 Å². The highest BCUT2D eigenvalue weighted by atomic mass is 16.2. The molecule has 5 aromatic heterocycles. The highest BCUT2D eigenvalue weighted by Crippen LogP contribution is 2.10. The van der Waals surface area contributed by atoms with Crippen molar-refractivity contribution in [1.29, 1.82) is 0 Å². The van der Waals surface area contributed by atoms with Gasteiger partial charge in [-0.3, -0.25) is 9.78 Å². The fraction of sp³-hybridized carbons (Fsp3) is 0.294. The maximum atomic E-state index is 11.0. The van der Waals surface area contributed by atoms with Crippen molar-refractivity contribution in [3.63, 3.8) is 0 Å². The smallest absolute Gasteiger partial charge is 0.349 e. The second kappa shape index (κ2) is 24.8. The van der Waals surface area contributed by atoms with Crippen molar-refractivity contribution >= 4 is 52.0 Å². The van der Waals surface area contributed by atoms with Gasteiger partial charge in [-0.15, -0.1) is 0 Å². The number of allylic oxidation sites excluding steroid dienone is 2. The molecule has 0 spiro atoms. The summed E-state index contributed by atoms with van der Waals surface area (Å²) in [6, 6.07) is 1.31. The molecule has 304 valence electrons. The van der Waals surface area contributed by atoms with Gasteiger partial charge in [0.1, 0.15) is 17.7 Å². The summed E-state index contributed by atoms with van der Waals surface area (Å²) < 4.78 is 1.36. The van der Waals surface area contributed by atoms with E-state index >= 15 is 0 Å². The van der Waals surface area contributed by atoms with E-state index in [9.17, 15) is 19.2 Å². The van der Waals surface area contributed by atoms with E-state index in [1.54, 1.807) is 51.9 Å². The molecule has 0 bridgehead atoms. The minimum atomic E-state index is -0.324. The lowest BCUT2D eigenvalue weighted by Gasteiger charge is -2.21. The summed E-state index contributed by atoms with van der Waals surface area (Å²) in [5, 5.41) is 5.14. The van der Waals surface area contributed by atoms with Crippen LogP contribution in [0.25, 0.3) is 22.3 Å². The number of nitrogens with zero attached hydrogens (tertiary/aromatic N) is 9. The standard InChI is InChI=1S/C7H10N2O.C6H8N2O.C5H5N5O.C5H5N5.C5H7N3O.6CH4/c1-5-4-9(3)7(10)8-6(5)2;1-5-3-4-8(2)6(9)7-5;6-5-9-3-2(4(11)10-5)7-1-8-3;6-4-3-5(9-1-7-3)10-2-8-4;1-8-3-2-4(6)7-5(8)9;;;;;;/h4H,2H2,1,3H3,(H,8,10);3-4H,1H2,2H3,(H,7,9);1H,(H4,6,7,8,9,10,11);1-2H,(H3,6,7,8,9,10);2-3H,1H3,(H2,6,7,9);6*1H4. The molecular weight excluding hydrogens is 710 g/mol. The molecule has 0 fully saturated rings. The van der Waals surface area contributed by atoms with E-state index in [4.69, 9.17) is 17.2 Å². The van der Waals surface area contributed by atoms with Crippen molar-refractivity contribution in [3.8, 4) is 0 Å². The molecule has 5 aromatic rings. The van der Waals surface area contributed by atoms with Gasteiger partial charge >= 0.3 is 17.8 Å². The van der Waals surface area contributed by atoms with Crippen LogP contribution in [0.4, 0.5) is 27.2 Å². The molecule has 21 nitrogen and oxygen atoms in total. The molecule has 0 radical (unpaired) electrons. The van der Waals surface area contributed by atoms with Gasteiger partial charge in [-0.1, -0.05) is 57.7 Å². The second-order valence-electron chi connectivity index (χ2n) is 9.87. The zero-order valence-corrected chi connectivity index (χ0v) is 26.9. The van der Waals surface area contributed by atoms with Crippen LogP contribution in [0.5, 0.6) is 0 Å². The average Bonchev–Trinajstić information content (AvgIpc) is 3.73. The Morgan fingerprint density at radius 1 is 0.727 bits per heavy atom. The van der Waals surface area contributed by atoms with Gasteiger partial charge in [0.15, 0.2) is 22.6 Å². The summed E-state index contributed by atoms with van der Waals surface area (Å²) in [7, 11) is 5.00. The van der Waals surface area contributed by atoms with Gasteiger partial charge in [-0.2, -0.15) is 9.97 Å². The summed E-state index contributed by atoms with van der Waals surface area (Å²) in [4.78, 5) is 76.5. The minimum absolute atomic E-state index is 0. The Labute approximate surface area is 321 Å². The molecular formula is C34H59N17O4. The van der Waals surface area contributed by atoms with Gasteiger partial charge in [0.2, 0.25) is 5.95 Å². The van der Waals surface area contributed by atoms with Crippen LogP contribution < -0.4 is 39.1 Å². The van der Waals surface area contributed by atoms with E-state index in [1.165, 1.54) is 33.3 Å². The molecule has 0 aliphatic carbocycles. The Morgan fingerprint density at radius 3 is 1.84 bits per heavy atom. The van der Waals surface area contributed by atoms with E-state index in [0.29, 0.717) is 39.5 Å². The third-order valence-corrected chi connectivity index (χ3v) is 6.09. The summed E-state index contributed by atoms with van der Waals surface area (Å²) in [5.41, 5.74) is 19.6. The number of aromatic nitrogens is 10. The van der Waals surface area contributed by atoms with Gasteiger partial charge in [0.05, 0.1) is 12.7 Å². The highest BCUT2D eigenvalue weighted by molar-refractivity contribution is 5.80. The maximum absolute atomic E-state index is 11.0. The number of nitrogens with two attached hydrogens (primary N) is 3. The van der Waals surface area contributed by atoms with E-state index in [2.05, 4.69) is 68.6 Å². The molecule has 4 amide bonds. The van der Waals surface area contributed by atoms with Crippen molar-refractivity contribution in [2.24, 2.45) is 7.05 Å². The maximum Gasteiger partial charge on any atom is 0.349 e. The van der Waals surface area contributed by atoms with E-state index < -0.39 is 0 Å². The van der Waals surface area contributed by atoms with Gasteiger partial charge in [-0.25, -0.2) is 34.3 Å². The predicted molar refractivity (Wildman–Crippen MR) is 223 cm³/mol. The number of rotatable bonds is 0. The number of nitrogens with one attached hydrogen (secondary N) is 5. The largest absolute Gasteiger partial charge is 0.383 e. The summed E-state index contributed by atoms with van der Waals surface area (Å²) in [6.07, 6.45) is 11.1. The number of urea groups is 2. The molecule has 0 aromatic carbocycles. The number of H-pyrrole nitrogens is 3. The number of fused-ring (bicyclic) bond motifs is 2. The second-order valence-corrected chi connectivity index (χ2v) is 9.87. The number of imidazole rings is 2. The van der Waals surface area contributed by atoms with Gasteiger partial charge in [-0.05, 0) is 24.6 Å². The first-order valence-electron chi connectivity index (χ1n) is 13.9. The first-order valence-corrected chi connectivity index (χ1v) is 13.9. The van der Waals surface area contributed by atoms with Crippen LogP contribution in [0.3, 0.4) is 0 Å². The third kappa shape index (κ3) is 15.8. The molecule has 0 atom stereocenters. The quantitative estimate of drug-likeness (QED) is 0.110. The summed E-state index contributed by atoms with van der Waals surface area (Å²) in [6.45, 7) is 9.11. The molecule has 7 heterocycles.